The summed E-state index contributed by atoms with van der Waals surface area (Å²) in [5.74, 6) is 4.55. The molecule has 0 saturated heterocycles. The fraction of sp³-hybridized carbons (Fsp3) is 0.462. The number of carbonyl (C=O) groups is 1. The van der Waals surface area contributed by atoms with E-state index in [-0.39, 0.29) is 23.2 Å². The van der Waals surface area contributed by atoms with Gasteiger partial charge in [0.1, 0.15) is 5.82 Å². The SMILES string of the molecule is CCCN(C(=O)c1cccc(F)c1NN)C(C)C. The molecule has 0 unspecified atom stereocenters. The molecule has 1 rings (SSSR count). The van der Waals surface area contributed by atoms with Gasteiger partial charge in [-0.25, -0.2) is 4.39 Å². The van der Waals surface area contributed by atoms with Crippen LogP contribution in [-0.4, -0.2) is 23.4 Å². The highest BCUT2D eigenvalue weighted by Crippen LogP contribution is 2.21. The van der Waals surface area contributed by atoms with Crippen LogP contribution in [0, 0.1) is 5.82 Å². The molecule has 1 amide bonds. The number of hydrazine groups is 1. The summed E-state index contributed by atoms with van der Waals surface area (Å²) in [6.45, 7) is 6.50. The van der Waals surface area contributed by atoms with E-state index in [1.54, 1.807) is 11.0 Å². The van der Waals surface area contributed by atoms with E-state index < -0.39 is 5.82 Å². The Morgan fingerprint density at radius 1 is 1.50 bits per heavy atom. The molecule has 0 spiro atoms. The monoisotopic (exact) mass is 253 g/mol. The molecule has 5 heteroatoms. The van der Waals surface area contributed by atoms with Crippen LogP contribution < -0.4 is 11.3 Å². The number of halogens is 1. The predicted molar refractivity (Wildman–Crippen MR) is 70.7 cm³/mol. The van der Waals surface area contributed by atoms with Crippen LogP contribution in [0.1, 0.15) is 37.6 Å². The minimum atomic E-state index is -0.524. The first-order chi connectivity index (χ1) is 8.52. The van der Waals surface area contributed by atoms with Crippen LogP contribution in [0.5, 0.6) is 0 Å². The fourth-order valence-corrected chi connectivity index (χ4v) is 1.84. The summed E-state index contributed by atoms with van der Waals surface area (Å²) in [7, 11) is 0. The average Bonchev–Trinajstić information content (AvgIpc) is 2.34. The van der Waals surface area contributed by atoms with Gasteiger partial charge < -0.3 is 10.3 Å². The van der Waals surface area contributed by atoms with E-state index in [1.165, 1.54) is 12.1 Å². The van der Waals surface area contributed by atoms with Crippen LogP contribution in [0.3, 0.4) is 0 Å². The Bertz CT molecular complexity index is 421. The van der Waals surface area contributed by atoms with Crippen molar-refractivity contribution in [3.05, 3.63) is 29.6 Å². The third-order valence-corrected chi connectivity index (χ3v) is 2.74. The summed E-state index contributed by atoms with van der Waals surface area (Å²) in [6.07, 6.45) is 0.852. The molecular weight excluding hydrogens is 233 g/mol. The van der Waals surface area contributed by atoms with E-state index in [4.69, 9.17) is 5.84 Å². The van der Waals surface area contributed by atoms with Crippen LogP contribution in [0.4, 0.5) is 10.1 Å². The van der Waals surface area contributed by atoms with Gasteiger partial charge in [-0.2, -0.15) is 0 Å². The lowest BCUT2D eigenvalue weighted by Crippen LogP contribution is -2.38. The first-order valence-electron chi connectivity index (χ1n) is 6.09. The minimum Gasteiger partial charge on any atom is -0.336 e. The summed E-state index contributed by atoms with van der Waals surface area (Å²) in [5.41, 5.74) is 2.57. The van der Waals surface area contributed by atoms with Gasteiger partial charge in [0.05, 0.1) is 11.3 Å². The number of hydrogen-bond acceptors (Lipinski definition) is 3. The molecule has 100 valence electrons. The number of nitrogen functional groups attached to an aromatic ring is 1. The summed E-state index contributed by atoms with van der Waals surface area (Å²) in [4.78, 5) is 14.1. The van der Waals surface area contributed by atoms with E-state index in [0.29, 0.717) is 6.54 Å². The normalized spacial score (nSPS) is 10.6. The van der Waals surface area contributed by atoms with Crippen molar-refractivity contribution in [2.75, 3.05) is 12.0 Å². The first kappa shape index (κ1) is 14.4. The molecule has 0 aliphatic carbocycles. The second-order valence-corrected chi connectivity index (χ2v) is 4.40. The lowest BCUT2D eigenvalue weighted by molar-refractivity contribution is 0.0706. The Hall–Kier alpha value is -1.62. The standard InChI is InChI=1S/C13H20FN3O/c1-4-8-17(9(2)3)13(18)10-6-5-7-11(14)12(10)16-15/h5-7,9,16H,4,8,15H2,1-3H3. The van der Waals surface area contributed by atoms with Crippen molar-refractivity contribution in [3.8, 4) is 0 Å². The molecule has 0 atom stereocenters. The molecule has 0 bridgehead atoms. The van der Waals surface area contributed by atoms with Crippen molar-refractivity contribution in [1.82, 2.24) is 4.90 Å². The van der Waals surface area contributed by atoms with Crippen molar-refractivity contribution in [2.24, 2.45) is 5.84 Å². The molecule has 0 aliphatic rings. The molecule has 1 aromatic carbocycles. The van der Waals surface area contributed by atoms with Gasteiger partial charge in [-0.1, -0.05) is 13.0 Å². The smallest absolute Gasteiger partial charge is 0.256 e. The third-order valence-electron chi connectivity index (χ3n) is 2.74. The van der Waals surface area contributed by atoms with Crippen molar-refractivity contribution in [2.45, 2.75) is 33.2 Å². The number of hydrogen-bond donors (Lipinski definition) is 2. The lowest BCUT2D eigenvalue weighted by Gasteiger charge is -2.27. The molecule has 0 heterocycles. The zero-order valence-corrected chi connectivity index (χ0v) is 11.0. The second kappa shape index (κ2) is 6.35. The van der Waals surface area contributed by atoms with Gasteiger partial charge in [-0.15, -0.1) is 0 Å². The van der Waals surface area contributed by atoms with Crippen molar-refractivity contribution in [3.63, 3.8) is 0 Å². The molecular formula is C13H20FN3O. The number of nitrogens with two attached hydrogens (primary N) is 1. The lowest BCUT2D eigenvalue weighted by atomic mass is 10.1. The van der Waals surface area contributed by atoms with Gasteiger partial charge in [0, 0.05) is 12.6 Å². The van der Waals surface area contributed by atoms with Crippen LogP contribution in [-0.2, 0) is 0 Å². The topological polar surface area (TPSA) is 58.4 Å². The Balaban J connectivity index is 3.12. The first-order valence-corrected chi connectivity index (χ1v) is 6.09. The molecule has 0 radical (unpaired) electrons. The molecule has 0 aliphatic heterocycles. The summed E-state index contributed by atoms with van der Waals surface area (Å²) < 4.78 is 13.5. The van der Waals surface area contributed by atoms with E-state index in [2.05, 4.69) is 5.43 Å². The number of amides is 1. The summed E-state index contributed by atoms with van der Waals surface area (Å²) >= 11 is 0. The second-order valence-electron chi connectivity index (χ2n) is 4.40. The molecule has 3 N–H and O–H groups in total. The van der Waals surface area contributed by atoms with Crippen molar-refractivity contribution in [1.29, 1.82) is 0 Å². The number of benzene rings is 1. The van der Waals surface area contributed by atoms with Crippen LogP contribution in [0.15, 0.2) is 18.2 Å². The largest absolute Gasteiger partial charge is 0.336 e. The van der Waals surface area contributed by atoms with Gasteiger partial charge >= 0.3 is 0 Å². The Morgan fingerprint density at radius 2 is 2.17 bits per heavy atom. The summed E-state index contributed by atoms with van der Waals surface area (Å²) in [5, 5.41) is 0. The quantitative estimate of drug-likeness (QED) is 0.625. The average molecular weight is 253 g/mol. The number of carbonyl (C=O) groups excluding carboxylic acids is 1. The van der Waals surface area contributed by atoms with Crippen LogP contribution >= 0.6 is 0 Å². The maximum Gasteiger partial charge on any atom is 0.256 e. The van der Waals surface area contributed by atoms with Crippen LogP contribution in [0.25, 0.3) is 0 Å². The highest BCUT2D eigenvalue weighted by Gasteiger charge is 2.21. The number of para-hydroxylation sites is 1. The zero-order valence-electron chi connectivity index (χ0n) is 11.0. The highest BCUT2D eigenvalue weighted by atomic mass is 19.1. The Morgan fingerprint density at radius 3 is 2.67 bits per heavy atom. The maximum atomic E-state index is 13.5. The number of rotatable bonds is 5. The molecule has 4 nitrogen and oxygen atoms in total. The Kier molecular flexibility index (Phi) is 5.09. The van der Waals surface area contributed by atoms with Crippen molar-refractivity contribution >= 4 is 11.6 Å². The highest BCUT2D eigenvalue weighted by molar-refractivity contribution is 5.99. The van der Waals surface area contributed by atoms with Gasteiger partial charge in [0.25, 0.3) is 5.91 Å². The minimum absolute atomic E-state index is 0.0456. The van der Waals surface area contributed by atoms with E-state index in [1.807, 2.05) is 20.8 Å². The number of anilines is 1. The molecule has 0 saturated carbocycles. The predicted octanol–water partition coefficient (Wildman–Crippen LogP) is 2.37. The third kappa shape index (κ3) is 2.98. The van der Waals surface area contributed by atoms with E-state index in [9.17, 15) is 9.18 Å². The molecule has 1 aromatic rings. The van der Waals surface area contributed by atoms with Gasteiger partial charge in [-0.3, -0.25) is 10.6 Å². The van der Waals surface area contributed by atoms with Gasteiger partial charge in [-0.05, 0) is 32.4 Å². The zero-order chi connectivity index (χ0) is 13.7. The molecule has 0 fully saturated rings. The van der Waals surface area contributed by atoms with Crippen LogP contribution in [0.2, 0.25) is 0 Å². The van der Waals surface area contributed by atoms with Gasteiger partial charge in [0.2, 0.25) is 0 Å². The number of nitrogens with one attached hydrogen (secondary N) is 1. The number of nitrogens with zero attached hydrogens (tertiary/aromatic N) is 1. The fourth-order valence-electron chi connectivity index (χ4n) is 1.84. The Labute approximate surface area is 107 Å². The summed E-state index contributed by atoms with van der Waals surface area (Å²) in [6, 6.07) is 4.41. The van der Waals surface area contributed by atoms with E-state index >= 15 is 0 Å². The van der Waals surface area contributed by atoms with E-state index in [0.717, 1.165) is 6.42 Å². The van der Waals surface area contributed by atoms with Crippen molar-refractivity contribution < 1.29 is 9.18 Å². The maximum absolute atomic E-state index is 13.5. The molecule has 18 heavy (non-hydrogen) atoms. The van der Waals surface area contributed by atoms with Gasteiger partial charge in [0.15, 0.2) is 0 Å². The molecule has 0 aromatic heterocycles.